The van der Waals surface area contributed by atoms with Crippen LogP contribution in [-0.2, 0) is 19.5 Å². The second-order valence-corrected chi connectivity index (χ2v) is 5.60. The van der Waals surface area contributed by atoms with E-state index in [-0.39, 0.29) is 0 Å². The van der Waals surface area contributed by atoms with Crippen molar-refractivity contribution >= 4 is 11.3 Å². The molecule has 3 aromatic rings. The summed E-state index contributed by atoms with van der Waals surface area (Å²) in [7, 11) is 0. The minimum atomic E-state index is 0.814. The smallest absolute Gasteiger partial charge is 0.150 e. The predicted molar refractivity (Wildman–Crippen MR) is 81.9 cm³/mol. The molecule has 0 aromatic carbocycles. The quantitative estimate of drug-likeness (QED) is 0.720. The fourth-order valence-electron chi connectivity index (χ4n) is 2.33. The van der Waals surface area contributed by atoms with Crippen LogP contribution in [0, 0.1) is 0 Å². The molecule has 0 saturated heterocycles. The Balaban J connectivity index is 1.92. The number of hydrogen-bond donors (Lipinski definition) is 0. The van der Waals surface area contributed by atoms with Crippen molar-refractivity contribution in [3.8, 4) is 10.7 Å². The third-order valence-electron chi connectivity index (χ3n) is 3.37. The van der Waals surface area contributed by atoms with Gasteiger partial charge in [-0.25, -0.2) is 4.98 Å². The van der Waals surface area contributed by atoms with Crippen molar-refractivity contribution in [1.82, 2.24) is 19.3 Å². The summed E-state index contributed by atoms with van der Waals surface area (Å²) in [4.78, 5) is 5.68. The highest BCUT2D eigenvalue weighted by molar-refractivity contribution is 7.13. The summed E-state index contributed by atoms with van der Waals surface area (Å²) < 4.78 is 4.27. The van der Waals surface area contributed by atoms with Gasteiger partial charge >= 0.3 is 0 Å². The first-order valence-corrected chi connectivity index (χ1v) is 7.80. The maximum Gasteiger partial charge on any atom is 0.150 e. The topological polar surface area (TPSA) is 35.6 Å². The molecule has 104 valence electrons. The monoisotopic (exact) mass is 286 g/mol. The first kappa shape index (κ1) is 13.1. The highest BCUT2D eigenvalue weighted by Crippen LogP contribution is 2.23. The van der Waals surface area contributed by atoms with Gasteiger partial charge in [-0.15, -0.1) is 11.3 Å². The van der Waals surface area contributed by atoms with E-state index in [1.54, 1.807) is 11.3 Å². The maximum atomic E-state index is 4.61. The van der Waals surface area contributed by atoms with E-state index in [4.69, 9.17) is 0 Å². The first-order valence-electron chi connectivity index (χ1n) is 6.92. The molecule has 4 nitrogen and oxygen atoms in total. The molecule has 0 N–H and O–H groups in total. The molecule has 0 aliphatic rings. The Morgan fingerprint density at radius 1 is 1.30 bits per heavy atom. The van der Waals surface area contributed by atoms with E-state index in [0.717, 1.165) is 31.0 Å². The van der Waals surface area contributed by atoms with Crippen LogP contribution in [0.4, 0.5) is 0 Å². The van der Waals surface area contributed by atoms with Gasteiger partial charge in [-0.05, 0) is 30.9 Å². The second kappa shape index (κ2) is 5.63. The van der Waals surface area contributed by atoms with E-state index in [1.807, 2.05) is 12.4 Å². The van der Waals surface area contributed by atoms with Gasteiger partial charge in [0.1, 0.15) is 5.82 Å². The lowest BCUT2D eigenvalue weighted by Gasteiger charge is -2.08. The van der Waals surface area contributed by atoms with E-state index in [9.17, 15) is 0 Å². The summed E-state index contributed by atoms with van der Waals surface area (Å²) >= 11 is 1.72. The van der Waals surface area contributed by atoms with E-state index in [2.05, 4.69) is 56.8 Å². The van der Waals surface area contributed by atoms with E-state index >= 15 is 0 Å². The molecule has 0 aliphatic carbocycles. The third kappa shape index (κ3) is 2.41. The molecule has 0 radical (unpaired) electrons. The molecule has 0 spiro atoms. The van der Waals surface area contributed by atoms with Gasteiger partial charge in [-0.2, -0.15) is 5.10 Å². The number of hydrogen-bond acceptors (Lipinski definition) is 3. The molecule has 0 amide bonds. The van der Waals surface area contributed by atoms with E-state index in [0.29, 0.717) is 0 Å². The Hall–Kier alpha value is -1.88. The van der Waals surface area contributed by atoms with Gasteiger partial charge in [0.15, 0.2) is 0 Å². The van der Waals surface area contributed by atoms with Gasteiger partial charge in [-0.3, -0.25) is 4.68 Å². The summed E-state index contributed by atoms with van der Waals surface area (Å²) in [5.74, 6) is 1.03. The Bertz CT molecular complexity index is 679. The lowest BCUT2D eigenvalue weighted by Crippen LogP contribution is -2.08. The number of imidazole rings is 1. The van der Waals surface area contributed by atoms with Gasteiger partial charge in [-0.1, -0.05) is 13.0 Å². The zero-order valence-corrected chi connectivity index (χ0v) is 12.6. The van der Waals surface area contributed by atoms with Gasteiger partial charge in [0.25, 0.3) is 0 Å². The molecule has 0 unspecified atom stereocenters. The molecule has 20 heavy (non-hydrogen) atoms. The Kier molecular flexibility index (Phi) is 3.69. The fourth-order valence-corrected chi connectivity index (χ4v) is 3.07. The summed E-state index contributed by atoms with van der Waals surface area (Å²) in [5.41, 5.74) is 2.39. The predicted octanol–water partition coefficient (Wildman–Crippen LogP) is 3.44. The van der Waals surface area contributed by atoms with Crippen molar-refractivity contribution in [2.45, 2.75) is 33.4 Å². The molecule has 0 bridgehead atoms. The SMILES string of the molecule is CCc1cc(Cn2ccnc2-c2cccs2)n(CC)n1. The van der Waals surface area contributed by atoms with Gasteiger partial charge < -0.3 is 4.57 Å². The van der Waals surface area contributed by atoms with Crippen molar-refractivity contribution in [2.24, 2.45) is 0 Å². The van der Waals surface area contributed by atoms with Crippen molar-refractivity contribution in [2.75, 3.05) is 0 Å². The number of nitrogens with zero attached hydrogens (tertiary/aromatic N) is 4. The largest absolute Gasteiger partial charge is 0.324 e. The van der Waals surface area contributed by atoms with Crippen LogP contribution in [0.2, 0.25) is 0 Å². The summed E-state index contributed by atoms with van der Waals surface area (Å²) in [6.45, 7) is 5.98. The van der Waals surface area contributed by atoms with Gasteiger partial charge in [0, 0.05) is 18.9 Å². The van der Waals surface area contributed by atoms with Crippen LogP contribution < -0.4 is 0 Å². The molecular formula is C15H18N4S. The molecule has 3 heterocycles. The van der Waals surface area contributed by atoms with Crippen LogP contribution in [0.3, 0.4) is 0 Å². The molecule has 3 aromatic heterocycles. The number of aryl methyl sites for hydroxylation is 2. The molecule has 0 aliphatic heterocycles. The fraction of sp³-hybridized carbons (Fsp3) is 0.333. The van der Waals surface area contributed by atoms with E-state index < -0.39 is 0 Å². The van der Waals surface area contributed by atoms with Crippen molar-refractivity contribution < 1.29 is 0 Å². The van der Waals surface area contributed by atoms with Crippen molar-refractivity contribution in [1.29, 1.82) is 0 Å². The summed E-state index contributed by atoms with van der Waals surface area (Å²) in [5, 5.41) is 6.69. The van der Waals surface area contributed by atoms with Crippen LogP contribution in [0.15, 0.2) is 36.0 Å². The Morgan fingerprint density at radius 2 is 2.20 bits per heavy atom. The zero-order chi connectivity index (χ0) is 13.9. The van der Waals surface area contributed by atoms with Crippen molar-refractivity contribution in [3.05, 3.63) is 47.4 Å². The Labute approximate surface area is 122 Å². The molecule has 0 atom stereocenters. The molecule has 5 heteroatoms. The third-order valence-corrected chi connectivity index (χ3v) is 4.23. The van der Waals surface area contributed by atoms with Crippen LogP contribution in [0.1, 0.15) is 25.2 Å². The highest BCUT2D eigenvalue weighted by Gasteiger charge is 2.11. The lowest BCUT2D eigenvalue weighted by atomic mass is 10.3. The Morgan fingerprint density at radius 3 is 2.90 bits per heavy atom. The first-order chi connectivity index (χ1) is 9.81. The van der Waals surface area contributed by atoms with Gasteiger partial charge in [0.05, 0.1) is 22.8 Å². The van der Waals surface area contributed by atoms with Crippen LogP contribution in [0.5, 0.6) is 0 Å². The van der Waals surface area contributed by atoms with Crippen molar-refractivity contribution in [3.63, 3.8) is 0 Å². The molecule has 3 rings (SSSR count). The number of thiophene rings is 1. The zero-order valence-electron chi connectivity index (χ0n) is 11.8. The number of rotatable bonds is 5. The van der Waals surface area contributed by atoms with Gasteiger partial charge in [0.2, 0.25) is 0 Å². The number of aromatic nitrogens is 4. The maximum absolute atomic E-state index is 4.61. The molecule has 0 fully saturated rings. The van der Waals surface area contributed by atoms with Crippen LogP contribution >= 0.6 is 11.3 Å². The standard InChI is InChI=1S/C15H18N4S/c1-3-12-10-13(19(4-2)17-12)11-18-8-7-16-15(18)14-6-5-9-20-14/h5-10H,3-4,11H2,1-2H3. The van der Waals surface area contributed by atoms with Crippen LogP contribution in [-0.4, -0.2) is 19.3 Å². The highest BCUT2D eigenvalue weighted by atomic mass is 32.1. The average Bonchev–Trinajstić information content (AvgIpc) is 3.18. The lowest BCUT2D eigenvalue weighted by molar-refractivity contribution is 0.596. The molecule has 0 saturated carbocycles. The molecular weight excluding hydrogens is 268 g/mol. The van der Waals surface area contributed by atoms with Crippen LogP contribution in [0.25, 0.3) is 10.7 Å². The normalized spacial score (nSPS) is 11.1. The minimum absolute atomic E-state index is 0.814. The van der Waals surface area contributed by atoms with E-state index in [1.165, 1.54) is 10.6 Å². The second-order valence-electron chi connectivity index (χ2n) is 4.65. The average molecular weight is 286 g/mol. The summed E-state index contributed by atoms with van der Waals surface area (Å²) in [6, 6.07) is 6.37. The minimum Gasteiger partial charge on any atom is -0.324 e. The summed E-state index contributed by atoms with van der Waals surface area (Å²) in [6.07, 6.45) is 4.87.